The van der Waals surface area contributed by atoms with Gasteiger partial charge in [-0.05, 0) is 31.2 Å². The van der Waals surface area contributed by atoms with E-state index in [4.69, 9.17) is 11.6 Å². The van der Waals surface area contributed by atoms with Gasteiger partial charge in [-0.3, -0.25) is 4.68 Å². The summed E-state index contributed by atoms with van der Waals surface area (Å²) in [5.74, 6) is -0.346. The van der Waals surface area contributed by atoms with Gasteiger partial charge >= 0.3 is 0 Å². The molecule has 1 heterocycles. The summed E-state index contributed by atoms with van der Waals surface area (Å²) in [6.45, 7) is 2.51. The Labute approximate surface area is 104 Å². The average molecular weight is 254 g/mol. The third kappa shape index (κ3) is 2.97. The van der Waals surface area contributed by atoms with Crippen LogP contribution in [0.2, 0.25) is 5.02 Å². The van der Waals surface area contributed by atoms with Crippen LogP contribution in [0.15, 0.2) is 24.3 Å². The molecule has 0 aliphatic carbocycles. The topological polar surface area (TPSA) is 29.9 Å². The van der Waals surface area contributed by atoms with Crippen LogP contribution in [-0.4, -0.2) is 9.78 Å². The summed E-state index contributed by atoms with van der Waals surface area (Å²) in [6, 6.07) is 6.36. The number of nitrogens with zero attached hydrogens (tertiary/aromatic N) is 2. The molecule has 17 heavy (non-hydrogen) atoms. The fourth-order valence-corrected chi connectivity index (χ4v) is 1.90. The van der Waals surface area contributed by atoms with Crippen LogP contribution in [0, 0.1) is 12.7 Å². The van der Waals surface area contributed by atoms with Crippen LogP contribution in [0.25, 0.3) is 0 Å². The summed E-state index contributed by atoms with van der Waals surface area (Å²) in [5.41, 5.74) is 2.65. The second-order valence-corrected chi connectivity index (χ2v) is 4.35. The molecule has 3 nitrogen and oxygen atoms in total. The van der Waals surface area contributed by atoms with E-state index in [1.54, 1.807) is 10.7 Å². The van der Waals surface area contributed by atoms with Crippen molar-refractivity contribution in [3.63, 3.8) is 0 Å². The minimum atomic E-state index is -0.346. The molecule has 0 unspecified atom stereocenters. The number of anilines is 1. The third-order valence-corrected chi connectivity index (χ3v) is 2.65. The van der Waals surface area contributed by atoms with E-state index < -0.39 is 0 Å². The predicted molar refractivity (Wildman–Crippen MR) is 66.7 cm³/mol. The molecule has 2 aromatic rings. The maximum atomic E-state index is 13.1. The van der Waals surface area contributed by atoms with E-state index in [2.05, 4.69) is 10.4 Å². The lowest BCUT2D eigenvalue weighted by atomic mass is 10.3. The molecule has 0 atom stereocenters. The first-order valence-corrected chi connectivity index (χ1v) is 5.62. The molecule has 0 saturated carbocycles. The lowest BCUT2D eigenvalue weighted by Gasteiger charge is -2.07. The van der Waals surface area contributed by atoms with Crippen LogP contribution in [0.5, 0.6) is 0 Å². The molecule has 1 aromatic carbocycles. The third-order valence-electron chi connectivity index (χ3n) is 2.44. The maximum absolute atomic E-state index is 13.1. The van der Waals surface area contributed by atoms with Crippen LogP contribution in [0.3, 0.4) is 0 Å². The van der Waals surface area contributed by atoms with Crippen molar-refractivity contribution in [2.75, 3.05) is 5.32 Å². The molecule has 0 radical (unpaired) electrons. The largest absolute Gasteiger partial charge is 0.379 e. The lowest BCUT2D eigenvalue weighted by molar-refractivity contribution is 0.628. The Balaban J connectivity index is 2.09. The van der Waals surface area contributed by atoms with Crippen LogP contribution in [-0.2, 0) is 13.6 Å². The molecule has 1 aromatic heterocycles. The summed E-state index contributed by atoms with van der Waals surface area (Å²) < 4.78 is 14.9. The summed E-state index contributed by atoms with van der Waals surface area (Å²) in [5, 5.41) is 7.73. The fourth-order valence-electron chi connectivity index (χ4n) is 1.68. The Bertz CT molecular complexity index is 516. The quantitative estimate of drug-likeness (QED) is 0.911. The van der Waals surface area contributed by atoms with Gasteiger partial charge in [-0.1, -0.05) is 11.6 Å². The van der Waals surface area contributed by atoms with Crippen LogP contribution >= 0.6 is 11.6 Å². The van der Waals surface area contributed by atoms with Crippen molar-refractivity contribution < 1.29 is 4.39 Å². The van der Waals surface area contributed by atoms with Gasteiger partial charge in [0, 0.05) is 17.8 Å². The summed E-state index contributed by atoms with van der Waals surface area (Å²) in [6.07, 6.45) is 0. The van der Waals surface area contributed by atoms with Crippen molar-refractivity contribution in [1.82, 2.24) is 9.78 Å². The zero-order valence-corrected chi connectivity index (χ0v) is 10.4. The Morgan fingerprint density at radius 2 is 2.12 bits per heavy atom. The number of aromatic nitrogens is 2. The molecule has 0 aliphatic rings. The summed E-state index contributed by atoms with van der Waals surface area (Å²) in [7, 11) is 1.88. The monoisotopic (exact) mass is 253 g/mol. The molecule has 5 heteroatoms. The lowest BCUT2D eigenvalue weighted by Crippen LogP contribution is -2.05. The minimum absolute atomic E-state index is 0.346. The highest BCUT2D eigenvalue weighted by Gasteiger charge is 2.03. The Morgan fingerprint density at radius 3 is 2.71 bits per heavy atom. The molecule has 0 aliphatic heterocycles. The first kappa shape index (κ1) is 11.9. The molecule has 0 spiro atoms. The van der Waals surface area contributed by atoms with Gasteiger partial charge in [0.15, 0.2) is 0 Å². The van der Waals surface area contributed by atoms with Gasteiger partial charge in [0.05, 0.1) is 17.9 Å². The minimum Gasteiger partial charge on any atom is -0.379 e. The van der Waals surface area contributed by atoms with E-state index >= 15 is 0 Å². The van der Waals surface area contributed by atoms with Gasteiger partial charge in [-0.2, -0.15) is 5.10 Å². The second kappa shape index (κ2) is 4.75. The van der Waals surface area contributed by atoms with Crippen molar-refractivity contribution >= 4 is 17.3 Å². The van der Waals surface area contributed by atoms with Gasteiger partial charge < -0.3 is 5.32 Å². The molecule has 2 rings (SSSR count). The number of aryl methyl sites for hydroxylation is 2. The highest BCUT2D eigenvalue weighted by Crippen LogP contribution is 2.18. The van der Waals surface area contributed by atoms with Crippen LogP contribution < -0.4 is 5.32 Å². The number of rotatable bonds is 3. The van der Waals surface area contributed by atoms with Gasteiger partial charge in [-0.15, -0.1) is 0 Å². The van der Waals surface area contributed by atoms with E-state index in [-0.39, 0.29) is 5.82 Å². The maximum Gasteiger partial charge on any atom is 0.126 e. The molecule has 0 saturated heterocycles. The van der Waals surface area contributed by atoms with E-state index in [9.17, 15) is 4.39 Å². The number of halogens is 2. The van der Waals surface area contributed by atoms with Crippen LogP contribution in [0.1, 0.15) is 11.4 Å². The smallest absolute Gasteiger partial charge is 0.126 e. The van der Waals surface area contributed by atoms with Gasteiger partial charge in [-0.25, -0.2) is 4.39 Å². The zero-order chi connectivity index (χ0) is 12.4. The standard InChI is InChI=1S/C12H13ClFN3/c1-8-3-12(17(2)16-8)7-15-11-5-9(13)4-10(14)6-11/h3-6,15H,7H2,1-2H3. The first-order chi connectivity index (χ1) is 8.04. The molecule has 0 bridgehead atoms. The highest BCUT2D eigenvalue weighted by molar-refractivity contribution is 6.30. The van der Waals surface area contributed by atoms with E-state index in [1.807, 2.05) is 20.0 Å². The SMILES string of the molecule is Cc1cc(CNc2cc(F)cc(Cl)c2)n(C)n1. The number of nitrogens with one attached hydrogen (secondary N) is 1. The number of hydrogen-bond donors (Lipinski definition) is 1. The highest BCUT2D eigenvalue weighted by atomic mass is 35.5. The van der Waals surface area contributed by atoms with Gasteiger partial charge in [0.1, 0.15) is 5.82 Å². The summed E-state index contributed by atoms with van der Waals surface area (Å²) >= 11 is 5.77. The van der Waals surface area contributed by atoms with Crippen molar-refractivity contribution in [3.8, 4) is 0 Å². The van der Waals surface area contributed by atoms with E-state index in [0.717, 1.165) is 11.4 Å². The molecule has 90 valence electrons. The molecular formula is C12H13ClFN3. The molecule has 0 amide bonds. The van der Waals surface area contributed by atoms with Gasteiger partial charge in [0.25, 0.3) is 0 Å². The predicted octanol–water partition coefficient (Wildman–Crippen LogP) is 3.13. The number of hydrogen-bond acceptors (Lipinski definition) is 2. The van der Waals surface area contributed by atoms with E-state index in [1.165, 1.54) is 12.1 Å². The van der Waals surface area contributed by atoms with Crippen molar-refractivity contribution in [3.05, 3.63) is 46.5 Å². The first-order valence-electron chi connectivity index (χ1n) is 5.24. The number of benzene rings is 1. The van der Waals surface area contributed by atoms with Gasteiger partial charge in [0.2, 0.25) is 0 Å². The molecule has 1 N–H and O–H groups in total. The molecular weight excluding hydrogens is 241 g/mol. The fraction of sp³-hybridized carbons (Fsp3) is 0.250. The normalized spacial score (nSPS) is 10.6. The van der Waals surface area contributed by atoms with Crippen molar-refractivity contribution in [1.29, 1.82) is 0 Å². The van der Waals surface area contributed by atoms with Crippen molar-refractivity contribution in [2.45, 2.75) is 13.5 Å². The Morgan fingerprint density at radius 1 is 1.35 bits per heavy atom. The van der Waals surface area contributed by atoms with Crippen molar-refractivity contribution in [2.24, 2.45) is 7.05 Å². The zero-order valence-electron chi connectivity index (χ0n) is 9.67. The summed E-state index contributed by atoms with van der Waals surface area (Å²) in [4.78, 5) is 0. The second-order valence-electron chi connectivity index (χ2n) is 3.91. The van der Waals surface area contributed by atoms with E-state index in [0.29, 0.717) is 17.3 Å². The van der Waals surface area contributed by atoms with Crippen LogP contribution in [0.4, 0.5) is 10.1 Å². The molecule has 0 fully saturated rings. The average Bonchev–Trinajstić information content (AvgIpc) is 2.53. The Hall–Kier alpha value is -1.55. The Kier molecular flexibility index (Phi) is 3.33.